The van der Waals surface area contributed by atoms with Crippen LogP contribution in [-0.2, 0) is 10.0 Å². The first kappa shape index (κ1) is 14.6. The fraction of sp³-hybridized carbons (Fsp3) is 0.400. The zero-order valence-corrected chi connectivity index (χ0v) is 10.6. The van der Waals surface area contributed by atoms with Crippen molar-refractivity contribution in [3.8, 4) is 0 Å². The lowest BCUT2D eigenvalue weighted by atomic mass is 10.2. The van der Waals surface area contributed by atoms with Gasteiger partial charge in [-0.1, -0.05) is 0 Å². The number of benzene rings is 1. The van der Waals surface area contributed by atoms with Gasteiger partial charge in [-0.25, -0.2) is 21.6 Å². The Kier molecular flexibility index (Phi) is 4.44. The Balaban J connectivity index is 2.94. The highest BCUT2D eigenvalue weighted by molar-refractivity contribution is 7.92. The maximum absolute atomic E-state index is 13.3. The Bertz CT molecular complexity index is 520. The summed E-state index contributed by atoms with van der Waals surface area (Å²) in [6.45, 7) is 1.26. The number of rotatable bonds is 5. The SMILES string of the molecule is CC(Nc1ccc(F)c(NS(C)(=O)=O)c1)C(F)F. The van der Waals surface area contributed by atoms with Gasteiger partial charge in [-0.15, -0.1) is 0 Å². The van der Waals surface area contributed by atoms with Crippen molar-refractivity contribution >= 4 is 21.4 Å². The lowest BCUT2D eigenvalue weighted by molar-refractivity contribution is 0.131. The van der Waals surface area contributed by atoms with E-state index in [1.54, 1.807) is 0 Å². The van der Waals surface area contributed by atoms with Crippen LogP contribution >= 0.6 is 0 Å². The molecule has 0 aliphatic rings. The van der Waals surface area contributed by atoms with Crippen molar-refractivity contribution in [1.82, 2.24) is 0 Å². The second-order valence-electron chi connectivity index (χ2n) is 3.84. The normalized spacial score (nSPS) is 13.4. The van der Waals surface area contributed by atoms with Crippen LogP contribution in [0.15, 0.2) is 18.2 Å². The van der Waals surface area contributed by atoms with Crippen molar-refractivity contribution < 1.29 is 21.6 Å². The van der Waals surface area contributed by atoms with Crippen molar-refractivity contribution in [1.29, 1.82) is 0 Å². The molecule has 0 spiro atoms. The monoisotopic (exact) mass is 282 g/mol. The van der Waals surface area contributed by atoms with E-state index in [2.05, 4.69) is 5.32 Å². The number of halogens is 3. The molecule has 1 aromatic carbocycles. The summed E-state index contributed by atoms with van der Waals surface area (Å²) in [5.74, 6) is -0.782. The van der Waals surface area contributed by atoms with E-state index in [-0.39, 0.29) is 11.4 Å². The minimum Gasteiger partial charge on any atom is -0.377 e. The molecule has 0 saturated carbocycles. The van der Waals surface area contributed by atoms with E-state index in [9.17, 15) is 21.6 Å². The number of hydrogen-bond donors (Lipinski definition) is 2. The predicted molar refractivity (Wildman–Crippen MR) is 64.0 cm³/mol. The van der Waals surface area contributed by atoms with Crippen molar-refractivity contribution in [2.24, 2.45) is 0 Å². The maximum atomic E-state index is 13.3. The molecule has 0 radical (unpaired) electrons. The number of alkyl halides is 2. The Morgan fingerprint density at radius 1 is 1.28 bits per heavy atom. The van der Waals surface area contributed by atoms with Gasteiger partial charge in [-0.3, -0.25) is 4.72 Å². The van der Waals surface area contributed by atoms with Gasteiger partial charge in [0.2, 0.25) is 10.0 Å². The summed E-state index contributed by atoms with van der Waals surface area (Å²) in [5.41, 5.74) is -0.0840. The fourth-order valence-corrected chi connectivity index (χ4v) is 1.77. The van der Waals surface area contributed by atoms with Gasteiger partial charge >= 0.3 is 0 Å². The van der Waals surface area contributed by atoms with Crippen LogP contribution in [0.3, 0.4) is 0 Å². The lowest BCUT2D eigenvalue weighted by Crippen LogP contribution is -2.23. The van der Waals surface area contributed by atoms with Crippen molar-refractivity contribution in [2.45, 2.75) is 19.4 Å². The zero-order valence-electron chi connectivity index (χ0n) is 9.75. The van der Waals surface area contributed by atoms with Crippen LogP contribution in [0.4, 0.5) is 24.5 Å². The minimum atomic E-state index is -3.63. The third-order valence-electron chi connectivity index (χ3n) is 2.03. The van der Waals surface area contributed by atoms with E-state index < -0.39 is 28.3 Å². The largest absolute Gasteiger partial charge is 0.377 e. The molecule has 102 valence electrons. The third kappa shape index (κ3) is 4.44. The molecule has 8 heteroatoms. The highest BCUT2D eigenvalue weighted by Crippen LogP contribution is 2.21. The highest BCUT2D eigenvalue weighted by Gasteiger charge is 2.15. The van der Waals surface area contributed by atoms with Gasteiger partial charge in [-0.05, 0) is 25.1 Å². The molecule has 0 aliphatic heterocycles. The minimum absolute atomic E-state index is 0.204. The van der Waals surface area contributed by atoms with E-state index in [1.165, 1.54) is 13.0 Å². The molecular formula is C10H13F3N2O2S. The second-order valence-corrected chi connectivity index (χ2v) is 5.58. The first-order valence-corrected chi connectivity index (χ1v) is 6.90. The number of hydrogen-bond acceptors (Lipinski definition) is 3. The summed E-state index contributed by atoms with van der Waals surface area (Å²) in [6.07, 6.45) is -1.71. The molecule has 2 N–H and O–H groups in total. The van der Waals surface area contributed by atoms with Crippen LogP contribution in [0.25, 0.3) is 0 Å². The predicted octanol–water partition coefficient (Wildman–Crippen LogP) is 2.26. The van der Waals surface area contributed by atoms with Crippen LogP contribution in [0, 0.1) is 5.82 Å². The van der Waals surface area contributed by atoms with E-state index in [1.807, 2.05) is 4.72 Å². The topological polar surface area (TPSA) is 58.2 Å². The molecule has 0 amide bonds. The summed E-state index contributed by atoms with van der Waals surface area (Å²) in [6, 6.07) is 2.24. The fourth-order valence-electron chi connectivity index (χ4n) is 1.22. The van der Waals surface area contributed by atoms with Gasteiger partial charge in [0.05, 0.1) is 18.0 Å². The molecule has 1 rings (SSSR count). The van der Waals surface area contributed by atoms with Gasteiger partial charge in [0.1, 0.15) is 5.82 Å². The van der Waals surface area contributed by atoms with Gasteiger partial charge in [0, 0.05) is 5.69 Å². The molecule has 0 aliphatic carbocycles. The number of nitrogens with one attached hydrogen (secondary N) is 2. The van der Waals surface area contributed by atoms with Gasteiger partial charge < -0.3 is 5.32 Å². The maximum Gasteiger partial charge on any atom is 0.258 e. The van der Waals surface area contributed by atoms with Gasteiger partial charge in [-0.2, -0.15) is 0 Å². The molecule has 0 aromatic heterocycles. The Hall–Kier alpha value is -1.44. The van der Waals surface area contributed by atoms with E-state index >= 15 is 0 Å². The molecule has 4 nitrogen and oxygen atoms in total. The summed E-state index contributed by atoms with van der Waals surface area (Å²) in [5, 5.41) is 2.44. The Labute approximate surface area is 103 Å². The third-order valence-corrected chi connectivity index (χ3v) is 2.62. The number of anilines is 2. The first-order chi connectivity index (χ1) is 8.19. The molecule has 1 atom stereocenters. The summed E-state index contributed by atoms with van der Waals surface area (Å²) < 4.78 is 61.8. The first-order valence-electron chi connectivity index (χ1n) is 5.01. The number of sulfonamides is 1. The van der Waals surface area contributed by atoms with Crippen LogP contribution in [0.2, 0.25) is 0 Å². The van der Waals surface area contributed by atoms with Crippen LogP contribution in [0.5, 0.6) is 0 Å². The molecule has 0 fully saturated rings. The average molecular weight is 282 g/mol. The van der Waals surface area contributed by atoms with Crippen LogP contribution < -0.4 is 10.0 Å². The second kappa shape index (κ2) is 5.47. The molecule has 1 aromatic rings. The summed E-state index contributed by atoms with van der Waals surface area (Å²) in [7, 11) is -3.63. The zero-order chi connectivity index (χ0) is 13.9. The van der Waals surface area contributed by atoms with Crippen LogP contribution in [-0.4, -0.2) is 27.1 Å². The molecule has 0 heterocycles. The molecule has 18 heavy (non-hydrogen) atoms. The van der Waals surface area contributed by atoms with E-state index in [4.69, 9.17) is 0 Å². The van der Waals surface area contributed by atoms with Gasteiger partial charge in [0.25, 0.3) is 6.43 Å². The summed E-state index contributed by atoms with van der Waals surface area (Å²) >= 11 is 0. The quantitative estimate of drug-likeness (QED) is 0.871. The van der Waals surface area contributed by atoms with Crippen molar-refractivity contribution in [3.05, 3.63) is 24.0 Å². The average Bonchev–Trinajstić information content (AvgIpc) is 2.20. The Morgan fingerprint density at radius 2 is 1.89 bits per heavy atom. The van der Waals surface area contributed by atoms with Crippen LogP contribution in [0.1, 0.15) is 6.92 Å². The smallest absolute Gasteiger partial charge is 0.258 e. The van der Waals surface area contributed by atoms with E-state index in [0.717, 1.165) is 18.4 Å². The van der Waals surface area contributed by atoms with Gasteiger partial charge in [0.15, 0.2) is 0 Å². The van der Waals surface area contributed by atoms with Crippen molar-refractivity contribution in [2.75, 3.05) is 16.3 Å². The molecular weight excluding hydrogens is 269 g/mol. The summed E-state index contributed by atoms with van der Waals surface area (Å²) in [4.78, 5) is 0. The van der Waals surface area contributed by atoms with E-state index in [0.29, 0.717) is 0 Å². The molecule has 1 unspecified atom stereocenters. The lowest BCUT2D eigenvalue weighted by Gasteiger charge is -2.15. The molecule has 0 saturated heterocycles. The molecule has 0 bridgehead atoms. The highest BCUT2D eigenvalue weighted by atomic mass is 32.2. The van der Waals surface area contributed by atoms with Crippen molar-refractivity contribution in [3.63, 3.8) is 0 Å². The standard InChI is InChI=1S/C10H13F3N2O2S/c1-6(10(12)13)14-7-3-4-8(11)9(5-7)15-18(2,16)17/h3-6,10,14-15H,1-2H3. The Morgan fingerprint density at radius 3 is 2.39 bits per heavy atom.